The molecule has 2 nitrogen and oxygen atoms in total. The first-order valence-corrected chi connectivity index (χ1v) is 6.51. The zero-order valence-corrected chi connectivity index (χ0v) is 10.3. The van der Waals surface area contributed by atoms with Crippen molar-refractivity contribution < 1.29 is 13.9 Å². The van der Waals surface area contributed by atoms with E-state index in [9.17, 15) is 13.9 Å². The Hall–Kier alpha value is -1.00. The summed E-state index contributed by atoms with van der Waals surface area (Å²) in [4.78, 5) is 0. The molecule has 0 heterocycles. The van der Waals surface area contributed by atoms with Gasteiger partial charge in [-0.15, -0.1) is 0 Å². The number of hydrogen-bond acceptors (Lipinski definition) is 2. The average molecular weight is 255 g/mol. The molecule has 1 saturated carbocycles. The molecule has 0 saturated heterocycles. The Morgan fingerprint density at radius 2 is 1.78 bits per heavy atom. The second kappa shape index (κ2) is 6.25. The van der Waals surface area contributed by atoms with Crippen LogP contribution in [0.5, 0.6) is 0 Å². The van der Waals surface area contributed by atoms with Crippen LogP contribution in [0.25, 0.3) is 0 Å². The highest BCUT2D eigenvalue weighted by Crippen LogP contribution is 2.18. The highest BCUT2D eigenvalue weighted by Gasteiger charge is 2.21. The number of halogens is 2. The topological polar surface area (TPSA) is 32.3 Å². The zero-order valence-electron chi connectivity index (χ0n) is 10.3. The van der Waals surface area contributed by atoms with Gasteiger partial charge in [-0.05, 0) is 43.5 Å². The summed E-state index contributed by atoms with van der Waals surface area (Å²) in [6.07, 6.45) is 4.30. The lowest BCUT2D eigenvalue weighted by Gasteiger charge is -2.28. The Balaban J connectivity index is 1.80. The van der Waals surface area contributed by atoms with E-state index in [-0.39, 0.29) is 12.1 Å². The van der Waals surface area contributed by atoms with E-state index in [1.807, 2.05) is 0 Å². The summed E-state index contributed by atoms with van der Waals surface area (Å²) in [5, 5.41) is 13.0. The second-order valence-electron chi connectivity index (χ2n) is 4.94. The van der Waals surface area contributed by atoms with Crippen LogP contribution in [0.2, 0.25) is 0 Å². The van der Waals surface area contributed by atoms with Crippen molar-refractivity contribution in [2.75, 3.05) is 6.54 Å². The van der Waals surface area contributed by atoms with Crippen molar-refractivity contribution in [3.05, 3.63) is 35.4 Å². The Morgan fingerprint density at radius 1 is 1.11 bits per heavy atom. The fraction of sp³-hybridized carbons (Fsp3) is 0.571. The van der Waals surface area contributed by atoms with E-state index in [1.165, 1.54) is 12.1 Å². The van der Waals surface area contributed by atoms with Crippen molar-refractivity contribution in [2.24, 2.45) is 0 Å². The molecule has 1 aromatic carbocycles. The molecule has 1 aliphatic carbocycles. The summed E-state index contributed by atoms with van der Waals surface area (Å²) < 4.78 is 25.9. The quantitative estimate of drug-likeness (QED) is 0.866. The molecule has 0 radical (unpaired) electrons. The largest absolute Gasteiger partial charge is 0.392 e. The first-order chi connectivity index (χ1) is 8.65. The van der Waals surface area contributed by atoms with Gasteiger partial charge in [-0.2, -0.15) is 0 Å². The van der Waals surface area contributed by atoms with Gasteiger partial charge in [-0.3, -0.25) is 0 Å². The number of benzene rings is 1. The molecular weight excluding hydrogens is 236 g/mol. The third-order valence-electron chi connectivity index (χ3n) is 3.47. The smallest absolute Gasteiger partial charge is 0.126 e. The Morgan fingerprint density at radius 3 is 2.44 bits per heavy atom. The van der Waals surface area contributed by atoms with Crippen molar-refractivity contribution in [3.8, 4) is 0 Å². The number of nitrogens with one attached hydrogen (secondary N) is 1. The van der Waals surface area contributed by atoms with E-state index in [1.54, 1.807) is 0 Å². The second-order valence-corrected chi connectivity index (χ2v) is 4.94. The normalized spacial score (nSPS) is 24.2. The lowest BCUT2D eigenvalue weighted by Crippen LogP contribution is -2.42. The van der Waals surface area contributed by atoms with Crippen molar-refractivity contribution in [1.82, 2.24) is 5.32 Å². The first kappa shape index (κ1) is 13.4. The minimum absolute atomic E-state index is 0.122. The van der Waals surface area contributed by atoms with E-state index < -0.39 is 11.6 Å². The van der Waals surface area contributed by atoms with Crippen LogP contribution in [0, 0.1) is 11.6 Å². The van der Waals surface area contributed by atoms with E-state index in [4.69, 9.17) is 0 Å². The molecule has 2 rings (SSSR count). The summed E-state index contributed by atoms with van der Waals surface area (Å²) in [6.45, 7) is 0.630. The van der Waals surface area contributed by atoms with Gasteiger partial charge in [0.1, 0.15) is 11.6 Å². The SMILES string of the molecule is O[C@@H]1CCCC[C@H]1NCCc1cc(F)cc(F)c1. The molecule has 4 heteroatoms. The predicted octanol–water partition coefficient (Wildman–Crippen LogP) is 2.40. The molecule has 0 aliphatic heterocycles. The van der Waals surface area contributed by atoms with Crippen molar-refractivity contribution in [2.45, 2.75) is 44.2 Å². The molecule has 0 unspecified atom stereocenters. The third-order valence-corrected chi connectivity index (χ3v) is 3.47. The number of aliphatic hydroxyl groups excluding tert-OH is 1. The number of aliphatic hydroxyl groups is 1. The third kappa shape index (κ3) is 3.75. The molecule has 1 fully saturated rings. The van der Waals surface area contributed by atoms with Gasteiger partial charge >= 0.3 is 0 Å². The van der Waals surface area contributed by atoms with E-state index in [0.717, 1.165) is 31.7 Å². The van der Waals surface area contributed by atoms with Gasteiger partial charge in [-0.25, -0.2) is 8.78 Å². The molecule has 0 spiro atoms. The lowest BCUT2D eigenvalue weighted by atomic mass is 9.92. The molecule has 0 bridgehead atoms. The van der Waals surface area contributed by atoms with Crippen LogP contribution in [0.15, 0.2) is 18.2 Å². The summed E-state index contributed by atoms with van der Waals surface area (Å²) in [5.41, 5.74) is 0.644. The van der Waals surface area contributed by atoms with Crippen LogP contribution < -0.4 is 5.32 Å². The van der Waals surface area contributed by atoms with Crippen molar-refractivity contribution >= 4 is 0 Å². The number of hydrogen-bond donors (Lipinski definition) is 2. The van der Waals surface area contributed by atoms with Crippen LogP contribution in [-0.4, -0.2) is 23.8 Å². The summed E-state index contributed by atoms with van der Waals surface area (Å²) in [6, 6.07) is 3.70. The molecule has 0 aromatic heterocycles. The van der Waals surface area contributed by atoms with Crippen LogP contribution in [0.1, 0.15) is 31.2 Å². The molecule has 1 aliphatic rings. The molecule has 1 aromatic rings. The van der Waals surface area contributed by atoms with Crippen LogP contribution in [0.3, 0.4) is 0 Å². The Labute approximate surface area is 106 Å². The Kier molecular flexibility index (Phi) is 4.66. The minimum Gasteiger partial charge on any atom is -0.392 e. The highest BCUT2D eigenvalue weighted by molar-refractivity contribution is 5.18. The molecule has 100 valence electrons. The van der Waals surface area contributed by atoms with Crippen LogP contribution >= 0.6 is 0 Å². The van der Waals surface area contributed by atoms with Gasteiger partial charge in [0.2, 0.25) is 0 Å². The fourth-order valence-electron chi connectivity index (χ4n) is 2.51. The molecule has 2 N–H and O–H groups in total. The van der Waals surface area contributed by atoms with Gasteiger partial charge in [0.15, 0.2) is 0 Å². The van der Waals surface area contributed by atoms with Gasteiger partial charge in [0.25, 0.3) is 0 Å². The maximum atomic E-state index is 13.0. The maximum Gasteiger partial charge on any atom is 0.126 e. The van der Waals surface area contributed by atoms with E-state index >= 15 is 0 Å². The molecule has 18 heavy (non-hydrogen) atoms. The van der Waals surface area contributed by atoms with Gasteiger partial charge in [-0.1, -0.05) is 12.8 Å². The summed E-state index contributed by atoms with van der Waals surface area (Å²) >= 11 is 0. The van der Waals surface area contributed by atoms with Crippen LogP contribution in [-0.2, 0) is 6.42 Å². The molecule has 2 atom stereocenters. The maximum absolute atomic E-state index is 13.0. The van der Waals surface area contributed by atoms with Gasteiger partial charge < -0.3 is 10.4 Å². The first-order valence-electron chi connectivity index (χ1n) is 6.51. The summed E-state index contributed by atoms with van der Waals surface area (Å²) in [7, 11) is 0. The van der Waals surface area contributed by atoms with Crippen molar-refractivity contribution in [1.29, 1.82) is 0 Å². The van der Waals surface area contributed by atoms with Crippen molar-refractivity contribution in [3.63, 3.8) is 0 Å². The zero-order chi connectivity index (χ0) is 13.0. The van der Waals surface area contributed by atoms with Gasteiger partial charge in [0.05, 0.1) is 6.10 Å². The average Bonchev–Trinajstić information content (AvgIpc) is 2.30. The number of rotatable bonds is 4. The Bertz CT molecular complexity index is 377. The van der Waals surface area contributed by atoms with E-state index in [0.29, 0.717) is 18.5 Å². The van der Waals surface area contributed by atoms with Crippen LogP contribution in [0.4, 0.5) is 8.78 Å². The standard InChI is InChI=1S/C14H19F2NO/c15-11-7-10(8-12(16)9-11)5-6-17-13-3-1-2-4-14(13)18/h7-9,13-14,17-18H,1-6H2/t13-,14-/m1/s1. The summed E-state index contributed by atoms with van der Waals surface area (Å²) in [5.74, 6) is -1.08. The van der Waals surface area contributed by atoms with E-state index in [2.05, 4.69) is 5.32 Å². The monoisotopic (exact) mass is 255 g/mol. The molecular formula is C14H19F2NO. The molecule has 0 amide bonds. The predicted molar refractivity (Wildman–Crippen MR) is 66.3 cm³/mol. The lowest BCUT2D eigenvalue weighted by molar-refractivity contribution is 0.0914. The highest BCUT2D eigenvalue weighted by atomic mass is 19.1. The fourth-order valence-corrected chi connectivity index (χ4v) is 2.51. The van der Waals surface area contributed by atoms with Gasteiger partial charge in [0, 0.05) is 12.1 Å². The minimum atomic E-state index is -0.539.